The van der Waals surface area contributed by atoms with Gasteiger partial charge in [0.25, 0.3) is 0 Å². The van der Waals surface area contributed by atoms with Gasteiger partial charge >= 0.3 is 0 Å². The third kappa shape index (κ3) is 4.20. The molecule has 3 aromatic carbocycles. The molecule has 0 saturated carbocycles. The molecular formula is C34H27N5O. The normalized spacial score (nSPS) is 11.3. The number of hydrogen-bond donors (Lipinski definition) is 2. The molecule has 0 unspecified atom stereocenters. The van der Waals surface area contributed by atoms with E-state index in [4.69, 9.17) is 9.72 Å². The van der Waals surface area contributed by atoms with Gasteiger partial charge in [-0.05, 0) is 66.1 Å². The maximum Gasteiger partial charge on any atom is 0.155 e. The summed E-state index contributed by atoms with van der Waals surface area (Å²) >= 11 is 0. The van der Waals surface area contributed by atoms with Crippen LogP contribution in [-0.2, 0) is 6.42 Å². The number of ether oxygens (including phenoxy) is 1. The first-order chi connectivity index (χ1) is 19.7. The molecule has 7 aromatic rings. The average molecular weight is 522 g/mol. The number of methoxy groups -OCH3 is 1. The van der Waals surface area contributed by atoms with Gasteiger partial charge in [0.05, 0.1) is 29.5 Å². The molecule has 0 fully saturated rings. The Morgan fingerprint density at radius 1 is 0.800 bits per heavy atom. The summed E-state index contributed by atoms with van der Waals surface area (Å²) in [6.07, 6.45) is 6.41. The molecule has 7 rings (SSSR count). The highest BCUT2D eigenvalue weighted by atomic mass is 16.5. The molecule has 4 heterocycles. The molecule has 0 aliphatic rings. The van der Waals surface area contributed by atoms with Gasteiger partial charge in [0, 0.05) is 52.6 Å². The van der Waals surface area contributed by atoms with Crippen molar-refractivity contribution in [1.82, 2.24) is 24.9 Å². The lowest BCUT2D eigenvalue weighted by molar-refractivity contribution is 0.414. The number of fused-ring (bicyclic) bond motifs is 2. The van der Waals surface area contributed by atoms with Gasteiger partial charge < -0.3 is 14.7 Å². The Morgan fingerprint density at radius 3 is 2.42 bits per heavy atom. The SMILES string of the molecule is COc1ccc(Cc2[nH]c(-c3nc4ccccc4[nH]3)c3cc(-c4cncc(-c5ccccn5)c4C)ccc23)cc1. The van der Waals surface area contributed by atoms with Crippen molar-refractivity contribution in [2.75, 3.05) is 7.11 Å². The fourth-order valence-corrected chi connectivity index (χ4v) is 5.41. The van der Waals surface area contributed by atoms with Crippen LogP contribution in [0.2, 0.25) is 0 Å². The van der Waals surface area contributed by atoms with Gasteiger partial charge in [-0.25, -0.2) is 4.98 Å². The maximum atomic E-state index is 5.35. The van der Waals surface area contributed by atoms with E-state index in [-0.39, 0.29) is 0 Å². The molecule has 6 heteroatoms. The van der Waals surface area contributed by atoms with Crippen LogP contribution >= 0.6 is 0 Å². The number of pyridine rings is 2. The largest absolute Gasteiger partial charge is 0.497 e. The van der Waals surface area contributed by atoms with Crippen LogP contribution in [0.4, 0.5) is 0 Å². The lowest BCUT2D eigenvalue weighted by Crippen LogP contribution is -1.92. The fraction of sp³-hybridized carbons (Fsp3) is 0.0882. The van der Waals surface area contributed by atoms with E-state index in [1.807, 2.05) is 67.1 Å². The minimum Gasteiger partial charge on any atom is -0.497 e. The fourth-order valence-electron chi connectivity index (χ4n) is 5.41. The molecule has 0 radical (unpaired) electrons. The van der Waals surface area contributed by atoms with Crippen LogP contribution in [0.25, 0.3) is 55.7 Å². The predicted molar refractivity (Wildman–Crippen MR) is 160 cm³/mol. The summed E-state index contributed by atoms with van der Waals surface area (Å²) in [5.74, 6) is 1.67. The minimum atomic E-state index is 0.760. The Hall–Kier alpha value is -5.23. The van der Waals surface area contributed by atoms with E-state index in [1.165, 1.54) is 10.9 Å². The Morgan fingerprint density at radius 2 is 1.62 bits per heavy atom. The van der Waals surface area contributed by atoms with Gasteiger partial charge in [0.2, 0.25) is 0 Å². The molecule has 0 saturated heterocycles. The van der Waals surface area contributed by atoms with Gasteiger partial charge in [-0.15, -0.1) is 0 Å². The molecule has 2 N–H and O–H groups in total. The Balaban J connectivity index is 1.38. The van der Waals surface area contributed by atoms with E-state index < -0.39 is 0 Å². The van der Waals surface area contributed by atoms with Crippen LogP contribution in [-0.4, -0.2) is 32.0 Å². The first-order valence-electron chi connectivity index (χ1n) is 13.3. The summed E-state index contributed by atoms with van der Waals surface area (Å²) in [7, 11) is 1.69. The lowest BCUT2D eigenvalue weighted by Gasteiger charge is -2.11. The first-order valence-corrected chi connectivity index (χ1v) is 13.3. The van der Waals surface area contributed by atoms with Crippen molar-refractivity contribution in [3.05, 3.63) is 120 Å². The maximum absolute atomic E-state index is 5.35. The first kappa shape index (κ1) is 23.9. The van der Waals surface area contributed by atoms with Crippen LogP contribution in [0.1, 0.15) is 16.8 Å². The van der Waals surface area contributed by atoms with Crippen LogP contribution in [0, 0.1) is 6.92 Å². The van der Waals surface area contributed by atoms with Gasteiger partial charge in [0.1, 0.15) is 5.75 Å². The molecule has 40 heavy (non-hydrogen) atoms. The average Bonchev–Trinajstić information content (AvgIpc) is 3.59. The number of aromatic nitrogens is 5. The smallest absolute Gasteiger partial charge is 0.155 e. The highest BCUT2D eigenvalue weighted by Gasteiger charge is 2.18. The summed E-state index contributed by atoms with van der Waals surface area (Å²) in [6, 6.07) is 28.9. The van der Waals surface area contributed by atoms with Crippen LogP contribution in [0.15, 0.2) is 104 Å². The zero-order valence-corrected chi connectivity index (χ0v) is 22.3. The second-order valence-electron chi connectivity index (χ2n) is 9.94. The lowest BCUT2D eigenvalue weighted by atomic mass is 9.95. The van der Waals surface area contributed by atoms with E-state index in [1.54, 1.807) is 7.11 Å². The van der Waals surface area contributed by atoms with Gasteiger partial charge in [0.15, 0.2) is 5.82 Å². The van der Waals surface area contributed by atoms with E-state index in [2.05, 4.69) is 63.3 Å². The van der Waals surface area contributed by atoms with Crippen molar-refractivity contribution in [2.24, 2.45) is 0 Å². The number of H-pyrrole nitrogens is 2. The monoisotopic (exact) mass is 521 g/mol. The number of nitrogens with one attached hydrogen (secondary N) is 2. The highest BCUT2D eigenvalue weighted by molar-refractivity contribution is 6.00. The number of aromatic amines is 2. The Kier molecular flexibility index (Phi) is 5.86. The summed E-state index contributed by atoms with van der Waals surface area (Å²) in [4.78, 5) is 21.3. The number of rotatable bonds is 6. The topological polar surface area (TPSA) is 79.5 Å². The summed E-state index contributed by atoms with van der Waals surface area (Å²) < 4.78 is 5.35. The summed E-state index contributed by atoms with van der Waals surface area (Å²) in [5, 5.41) is 2.28. The van der Waals surface area contributed by atoms with Crippen molar-refractivity contribution >= 4 is 21.8 Å². The van der Waals surface area contributed by atoms with E-state index >= 15 is 0 Å². The molecule has 0 atom stereocenters. The van der Waals surface area contributed by atoms with Gasteiger partial charge in [-0.2, -0.15) is 0 Å². The predicted octanol–water partition coefficient (Wildman–Crippen LogP) is 7.74. The molecule has 0 amide bonds. The van der Waals surface area contributed by atoms with E-state index in [0.29, 0.717) is 0 Å². The van der Waals surface area contributed by atoms with E-state index in [0.717, 1.165) is 73.7 Å². The third-order valence-corrected chi connectivity index (χ3v) is 7.52. The third-order valence-electron chi connectivity index (χ3n) is 7.52. The summed E-state index contributed by atoms with van der Waals surface area (Å²) in [6.45, 7) is 2.14. The molecule has 0 aliphatic carbocycles. The molecule has 6 nitrogen and oxygen atoms in total. The highest BCUT2D eigenvalue weighted by Crippen LogP contribution is 2.37. The molecule has 0 bridgehead atoms. The number of nitrogens with zero attached hydrogens (tertiary/aromatic N) is 3. The zero-order valence-electron chi connectivity index (χ0n) is 22.3. The zero-order chi connectivity index (χ0) is 27.1. The van der Waals surface area contributed by atoms with Crippen LogP contribution < -0.4 is 4.74 Å². The Labute approximate surface area is 231 Å². The van der Waals surface area contributed by atoms with Crippen LogP contribution in [0.3, 0.4) is 0 Å². The number of imidazole rings is 1. The number of para-hydroxylation sites is 2. The van der Waals surface area contributed by atoms with Crippen molar-refractivity contribution in [2.45, 2.75) is 13.3 Å². The second kappa shape index (κ2) is 9.82. The standard InChI is InChI=1S/C34H27N5O/c1-21-27(19-35-20-28(21)29-7-5-6-16-36-29)23-12-15-25-26(18-23)33(34-38-30-8-3-4-9-31(30)39-34)37-32(25)17-22-10-13-24(40-2)14-11-22/h3-16,18-20,37H,17H2,1-2H3,(H,38,39). The minimum absolute atomic E-state index is 0.760. The molecule has 0 aliphatic heterocycles. The quantitative estimate of drug-likeness (QED) is 0.235. The molecule has 194 valence electrons. The molecule has 0 spiro atoms. The summed E-state index contributed by atoms with van der Waals surface area (Å²) in [5.41, 5.74) is 10.5. The van der Waals surface area contributed by atoms with Crippen LogP contribution in [0.5, 0.6) is 5.75 Å². The number of benzene rings is 3. The second-order valence-corrected chi connectivity index (χ2v) is 9.94. The molecular weight excluding hydrogens is 494 g/mol. The van der Waals surface area contributed by atoms with Crippen molar-refractivity contribution in [3.63, 3.8) is 0 Å². The van der Waals surface area contributed by atoms with Crippen molar-refractivity contribution in [1.29, 1.82) is 0 Å². The van der Waals surface area contributed by atoms with Crippen molar-refractivity contribution in [3.8, 4) is 39.7 Å². The van der Waals surface area contributed by atoms with Gasteiger partial charge in [-0.1, -0.05) is 42.5 Å². The van der Waals surface area contributed by atoms with Crippen molar-refractivity contribution < 1.29 is 4.74 Å². The Bertz CT molecular complexity index is 1940. The van der Waals surface area contributed by atoms with E-state index in [9.17, 15) is 0 Å². The number of hydrogen-bond acceptors (Lipinski definition) is 4. The van der Waals surface area contributed by atoms with Gasteiger partial charge in [-0.3, -0.25) is 9.97 Å². The molecule has 4 aromatic heterocycles.